The standard InChI is InChI=1S/C22H37N5O/c1-22(2,27-13-15-28-16-14-27)18-25-21(23-3)24-10-6-11-26-12-9-19-7-4-5-8-20(19)17-26/h4-5,7-8H,6,9-18H2,1-3H3,(H2,23,24,25). The van der Waals surface area contributed by atoms with E-state index in [-0.39, 0.29) is 5.54 Å². The summed E-state index contributed by atoms with van der Waals surface area (Å²) in [4.78, 5) is 9.44. The van der Waals surface area contributed by atoms with E-state index < -0.39 is 0 Å². The van der Waals surface area contributed by atoms with Crippen molar-refractivity contribution in [3.8, 4) is 0 Å². The summed E-state index contributed by atoms with van der Waals surface area (Å²) >= 11 is 0. The molecule has 0 radical (unpaired) electrons. The van der Waals surface area contributed by atoms with Gasteiger partial charge in [-0.15, -0.1) is 0 Å². The van der Waals surface area contributed by atoms with E-state index in [9.17, 15) is 0 Å². The number of hydrogen-bond donors (Lipinski definition) is 2. The van der Waals surface area contributed by atoms with Gasteiger partial charge in [-0.25, -0.2) is 0 Å². The summed E-state index contributed by atoms with van der Waals surface area (Å²) in [5.41, 5.74) is 3.09. The summed E-state index contributed by atoms with van der Waals surface area (Å²) in [6, 6.07) is 8.83. The molecule has 28 heavy (non-hydrogen) atoms. The second-order valence-electron chi connectivity index (χ2n) is 8.41. The van der Waals surface area contributed by atoms with Crippen molar-refractivity contribution in [2.45, 2.75) is 38.8 Å². The van der Waals surface area contributed by atoms with Gasteiger partial charge in [-0.3, -0.25) is 14.8 Å². The fraction of sp³-hybridized carbons (Fsp3) is 0.682. The van der Waals surface area contributed by atoms with Crippen molar-refractivity contribution in [3.05, 3.63) is 35.4 Å². The quantitative estimate of drug-likeness (QED) is 0.424. The molecule has 6 heteroatoms. The van der Waals surface area contributed by atoms with Gasteiger partial charge in [-0.2, -0.15) is 0 Å². The van der Waals surface area contributed by atoms with E-state index >= 15 is 0 Å². The van der Waals surface area contributed by atoms with Gasteiger partial charge in [-0.1, -0.05) is 24.3 Å². The number of aliphatic imine (C=N–C) groups is 1. The average molecular weight is 388 g/mol. The van der Waals surface area contributed by atoms with E-state index in [2.05, 4.69) is 63.5 Å². The molecule has 1 fully saturated rings. The molecule has 0 aromatic heterocycles. The van der Waals surface area contributed by atoms with Gasteiger partial charge in [-0.05, 0) is 37.8 Å². The van der Waals surface area contributed by atoms with E-state index in [0.717, 1.165) is 71.4 Å². The van der Waals surface area contributed by atoms with E-state index in [0.29, 0.717) is 0 Å². The maximum absolute atomic E-state index is 5.47. The molecule has 1 aromatic carbocycles. The Hall–Kier alpha value is -1.63. The normalized spacial score (nSPS) is 19.3. The topological polar surface area (TPSA) is 52.1 Å². The molecule has 0 unspecified atom stereocenters. The molecular formula is C22H37N5O. The number of ether oxygens (including phenoxy) is 1. The van der Waals surface area contributed by atoms with Gasteiger partial charge in [0.1, 0.15) is 0 Å². The molecule has 0 saturated carbocycles. The molecule has 2 heterocycles. The van der Waals surface area contributed by atoms with Gasteiger partial charge < -0.3 is 15.4 Å². The fourth-order valence-electron chi connectivity index (χ4n) is 4.06. The van der Waals surface area contributed by atoms with Crippen LogP contribution in [0.4, 0.5) is 0 Å². The summed E-state index contributed by atoms with van der Waals surface area (Å²) in [6.45, 7) is 13.4. The molecule has 3 rings (SSSR count). The zero-order valence-electron chi connectivity index (χ0n) is 17.8. The minimum atomic E-state index is 0.0859. The Bertz CT molecular complexity index is 640. The lowest BCUT2D eigenvalue weighted by atomic mass is 10.00. The molecule has 1 aromatic rings. The summed E-state index contributed by atoms with van der Waals surface area (Å²) in [6.07, 6.45) is 2.29. The van der Waals surface area contributed by atoms with Crippen molar-refractivity contribution in [3.63, 3.8) is 0 Å². The van der Waals surface area contributed by atoms with Gasteiger partial charge in [0.25, 0.3) is 0 Å². The van der Waals surface area contributed by atoms with Gasteiger partial charge in [0.15, 0.2) is 5.96 Å². The number of benzene rings is 1. The number of rotatable bonds is 7. The van der Waals surface area contributed by atoms with E-state index in [1.807, 2.05) is 7.05 Å². The summed E-state index contributed by atoms with van der Waals surface area (Å²) in [7, 11) is 1.85. The third-order valence-electron chi connectivity index (χ3n) is 5.93. The number of nitrogens with one attached hydrogen (secondary N) is 2. The number of hydrogen-bond acceptors (Lipinski definition) is 4. The molecule has 0 atom stereocenters. The minimum Gasteiger partial charge on any atom is -0.379 e. The Labute approximate surface area is 170 Å². The van der Waals surface area contributed by atoms with E-state index in [4.69, 9.17) is 4.74 Å². The van der Waals surface area contributed by atoms with Crippen LogP contribution in [0.25, 0.3) is 0 Å². The molecule has 0 amide bonds. The average Bonchev–Trinajstić information content (AvgIpc) is 2.73. The zero-order valence-corrected chi connectivity index (χ0v) is 17.8. The first-order chi connectivity index (χ1) is 13.6. The number of morpholine rings is 1. The van der Waals surface area contributed by atoms with Crippen LogP contribution >= 0.6 is 0 Å². The highest BCUT2D eigenvalue weighted by molar-refractivity contribution is 5.79. The van der Waals surface area contributed by atoms with Crippen LogP contribution in [0, 0.1) is 0 Å². The van der Waals surface area contributed by atoms with Crippen molar-refractivity contribution in [2.75, 3.05) is 59.5 Å². The predicted molar refractivity (Wildman–Crippen MR) is 116 cm³/mol. The van der Waals surface area contributed by atoms with Gasteiger partial charge >= 0.3 is 0 Å². The third-order valence-corrected chi connectivity index (χ3v) is 5.93. The SMILES string of the molecule is CN=C(NCCCN1CCc2ccccc2C1)NCC(C)(C)N1CCOCC1. The first-order valence-electron chi connectivity index (χ1n) is 10.6. The Kier molecular flexibility index (Phi) is 7.71. The first-order valence-corrected chi connectivity index (χ1v) is 10.6. The van der Waals surface area contributed by atoms with E-state index in [1.54, 1.807) is 0 Å². The number of fused-ring (bicyclic) bond motifs is 1. The van der Waals surface area contributed by atoms with Crippen molar-refractivity contribution < 1.29 is 4.74 Å². The van der Waals surface area contributed by atoms with Crippen molar-refractivity contribution >= 4 is 5.96 Å². The van der Waals surface area contributed by atoms with Gasteiger partial charge in [0.05, 0.1) is 13.2 Å². The van der Waals surface area contributed by atoms with Crippen LogP contribution in [-0.4, -0.2) is 80.8 Å². The third kappa shape index (κ3) is 5.93. The highest BCUT2D eigenvalue weighted by Gasteiger charge is 2.28. The maximum Gasteiger partial charge on any atom is 0.191 e. The van der Waals surface area contributed by atoms with Crippen molar-refractivity contribution in [1.29, 1.82) is 0 Å². The molecule has 2 aliphatic rings. The second-order valence-corrected chi connectivity index (χ2v) is 8.41. The number of guanidine groups is 1. The highest BCUT2D eigenvalue weighted by Crippen LogP contribution is 2.18. The first kappa shape index (κ1) is 21.1. The molecule has 0 bridgehead atoms. The maximum atomic E-state index is 5.47. The predicted octanol–water partition coefficient (Wildman–Crippen LogP) is 1.71. The molecule has 0 spiro atoms. The van der Waals surface area contributed by atoms with Gasteiger partial charge in [0.2, 0.25) is 0 Å². The van der Waals surface area contributed by atoms with Crippen LogP contribution in [-0.2, 0) is 17.7 Å². The summed E-state index contributed by atoms with van der Waals surface area (Å²) in [5.74, 6) is 0.894. The van der Waals surface area contributed by atoms with Crippen LogP contribution in [0.5, 0.6) is 0 Å². The summed E-state index contributed by atoms with van der Waals surface area (Å²) in [5, 5.41) is 6.97. The molecular weight excluding hydrogens is 350 g/mol. The van der Waals surface area contributed by atoms with Crippen LogP contribution in [0.2, 0.25) is 0 Å². The minimum absolute atomic E-state index is 0.0859. The Morgan fingerprint density at radius 2 is 1.86 bits per heavy atom. The molecule has 156 valence electrons. The number of nitrogens with zero attached hydrogens (tertiary/aromatic N) is 3. The lowest BCUT2D eigenvalue weighted by Gasteiger charge is -2.41. The van der Waals surface area contributed by atoms with Crippen LogP contribution < -0.4 is 10.6 Å². The second kappa shape index (κ2) is 10.2. The molecule has 6 nitrogen and oxygen atoms in total. The van der Waals surface area contributed by atoms with Crippen LogP contribution in [0.3, 0.4) is 0 Å². The van der Waals surface area contributed by atoms with Gasteiger partial charge in [0, 0.05) is 58.4 Å². The lowest BCUT2D eigenvalue weighted by Crippen LogP contribution is -2.56. The molecule has 2 aliphatic heterocycles. The highest BCUT2D eigenvalue weighted by atomic mass is 16.5. The lowest BCUT2D eigenvalue weighted by molar-refractivity contribution is -0.00833. The van der Waals surface area contributed by atoms with E-state index in [1.165, 1.54) is 17.5 Å². The van der Waals surface area contributed by atoms with Crippen LogP contribution in [0.1, 0.15) is 31.4 Å². The molecule has 2 N–H and O–H groups in total. The monoisotopic (exact) mass is 387 g/mol. The smallest absolute Gasteiger partial charge is 0.191 e. The van der Waals surface area contributed by atoms with Crippen molar-refractivity contribution in [2.24, 2.45) is 4.99 Å². The summed E-state index contributed by atoms with van der Waals surface area (Å²) < 4.78 is 5.47. The molecule has 1 saturated heterocycles. The van der Waals surface area contributed by atoms with Crippen molar-refractivity contribution in [1.82, 2.24) is 20.4 Å². The fourth-order valence-corrected chi connectivity index (χ4v) is 4.06. The largest absolute Gasteiger partial charge is 0.379 e. The van der Waals surface area contributed by atoms with Crippen LogP contribution in [0.15, 0.2) is 29.3 Å². The zero-order chi connectivity index (χ0) is 19.8. The Morgan fingerprint density at radius 3 is 2.61 bits per heavy atom. The Morgan fingerprint density at radius 1 is 1.11 bits per heavy atom. The molecule has 0 aliphatic carbocycles. The Balaban J connectivity index is 1.34.